The molecule has 6 rings (SSSR count). The molecule has 2 heteroatoms. The summed E-state index contributed by atoms with van der Waals surface area (Å²) in [6.07, 6.45) is 14.7. The Morgan fingerprint density at radius 3 is 0.740 bits per heavy atom. The summed E-state index contributed by atoms with van der Waals surface area (Å²) in [7, 11) is 0. The van der Waals surface area contributed by atoms with Crippen LogP contribution in [0.15, 0.2) is 146 Å². The van der Waals surface area contributed by atoms with E-state index < -0.39 is 0 Å². The molecule has 2 N–H and O–H groups in total. The van der Waals surface area contributed by atoms with Crippen LogP contribution in [0.4, 0.5) is 0 Å². The van der Waals surface area contributed by atoms with Crippen molar-refractivity contribution in [2.45, 2.75) is 77.0 Å². The minimum absolute atomic E-state index is 0.362. The van der Waals surface area contributed by atoms with E-state index in [1.807, 2.05) is 72.8 Å². The highest BCUT2D eigenvalue weighted by molar-refractivity contribution is 5.84. The maximum absolute atomic E-state index is 11.2. The van der Waals surface area contributed by atoms with Gasteiger partial charge < -0.3 is 10.2 Å². The highest BCUT2D eigenvalue weighted by atomic mass is 16.3. The Kier molecular flexibility index (Phi) is 12.6. The second-order valence-corrected chi connectivity index (χ2v) is 13.6. The van der Waals surface area contributed by atoms with Gasteiger partial charge in [-0.1, -0.05) is 173 Å². The van der Waals surface area contributed by atoms with E-state index in [1.54, 1.807) is 0 Å². The number of unbranched alkanes of at least 4 members (excludes halogenated alkanes) is 9. The summed E-state index contributed by atoms with van der Waals surface area (Å²) < 4.78 is 0. The number of benzene rings is 6. The molecular weight excluding hydrogens is 609 g/mol. The summed E-state index contributed by atoms with van der Waals surface area (Å²) in [4.78, 5) is 0. The molecule has 2 nitrogen and oxygen atoms in total. The van der Waals surface area contributed by atoms with Gasteiger partial charge in [-0.15, -0.1) is 0 Å². The van der Waals surface area contributed by atoms with Crippen LogP contribution in [0, 0.1) is 0 Å². The van der Waals surface area contributed by atoms with E-state index in [9.17, 15) is 10.2 Å². The predicted molar refractivity (Wildman–Crippen MR) is 212 cm³/mol. The van der Waals surface area contributed by atoms with Gasteiger partial charge in [-0.25, -0.2) is 0 Å². The molecule has 0 unspecified atom stereocenters. The van der Waals surface area contributed by atoms with E-state index in [-0.39, 0.29) is 0 Å². The first-order valence-electron chi connectivity index (χ1n) is 18.6. The Hall–Kier alpha value is -5.08. The molecule has 6 aromatic rings. The molecule has 0 heterocycles. The number of hydrogen-bond donors (Lipinski definition) is 2. The number of aromatic hydroxyl groups is 2. The average Bonchev–Trinajstić information content (AvgIpc) is 3.17. The van der Waals surface area contributed by atoms with Gasteiger partial charge in [0, 0.05) is 22.3 Å². The van der Waals surface area contributed by atoms with E-state index >= 15 is 0 Å². The quantitative estimate of drug-likeness (QED) is 0.0958. The molecule has 0 aromatic heterocycles. The zero-order chi connectivity index (χ0) is 34.4. The van der Waals surface area contributed by atoms with Crippen LogP contribution in [0.25, 0.3) is 44.5 Å². The first-order valence-corrected chi connectivity index (χ1v) is 18.6. The first-order chi connectivity index (χ1) is 24.7. The Bertz CT molecular complexity index is 1630. The van der Waals surface area contributed by atoms with Crippen LogP contribution in [-0.4, -0.2) is 10.2 Å². The molecule has 0 saturated heterocycles. The third-order valence-corrected chi connectivity index (χ3v) is 9.86. The van der Waals surface area contributed by atoms with Gasteiger partial charge in [-0.2, -0.15) is 0 Å². The molecule has 0 amide bonds. The second kappa shape index (κ2) is 18.1. The molecule has 0 radical (unpaired) electrons. The summed E-state index contributed by atoms with van der Waals surface area (Å²) in [6, 6.07) is 49.7. The van der Waals surface area contributed by atoms with Gasteiger partial charge in [0.05, 0.1) is 0 Å². The van der Waals surface area contributed by atoms with Crippen molar-refractivity contribution in [1.82, 2.24) is 0 Å². The molecule has 6 aromatic carbocycles. The summed E-state index contributed by atoms with van der Waals surface area (Å²) >= 11 is 0. The molecule has 254 valence electrons. The minimum Gasteiger partial charge on any atom is -0.507 e. The number of hydrogen-bond acceptors (Lipinski definition) is 2. The Morgan fingerprint density at radius 1 is 0.280 bits per heavy atom. The van der Waals surface area contributed by atoms with E-state index in [0.717, 1.165) is 57.3 Å². The molecule has 0 saturated carbocycles. The Balaban J connectivity index is 0.919. The van der Waals surface area contributed by atoms with Crippen LogP contribution in [0.2, 0.25) is 0 Å². The highest BCUT2D eigenvalue weighted by Gasteiger charge is 2.15. The fraction of sp³-hybridized carbons (Fsp3) is 0.250. The Morgan fingerprint density at radius 2 is 0.500 bits per heavy atom. The zero-order valence-electron chi connectivity index (χ0n) is 29.2. The maximum Gasteiger partial charge on any atom is 0.131 e. The lowest BCUT2D eigenvalue weighted by molar-refractivity contribution is 0.478. The van der Waals surface area contributed by atoms with Crippen molar-refractivity contribution in [3.05, 3.63) is 157 Å². The number of aryl methyl sites for hydroxylation is 2. The normalized spacial score (nSPS) is 11.1. The first kappa shape index (κ1) is 34.8. The molecule has 0 aliphatic heterocycles. The van der Waals surface area contributed by atoms with Crippen LogP contribution in [0.5, 0.6) is 11.5 Å². The van der Waals surface area contributed by atoms with Crippen LogP contribution in [0.1, 0.15) is 75.3 Å². The van der Waals surface area contributed by atoms with Crippen molar-refractivity contribution in [1.29, 1.82) is 0 Å². The standard InChI is InChI=1S/C48H50O2/c49-47-43(39-25-15-9-16-26-39)33-37(34-44(47)40-27-17-10-18-28-40)23-13-7-5-3-1-2-4-6-8-14-24-38-35-45(41-29-19-11-20-30-41)48(50)46(36-38)42-31-21-12-22-32-42/h9-12,15-22,25-36,49-50H,1-8,13-14,23-24H2. The summed E-state index contributed by atoms with van der Waals surface area (Å²) in [5.74, 6) is 0.724. The fourth-order valence-electron chi connectivity index (χ4n) is 7.10. The lowest BCUT2D eigenvalue weighted by Crippen LogP contribution is -1.92. The third kappa shape index (κ3) is 9.33. The van der Waals surface area contributed by atoms with Crippen molar-refractivity contribution in [3.63, 3.8) is 0 Å². The summed E-state index contributed by atoms with van der Waals surface area (Å²) in [5, 5.41) is 22.5. The molecule has 0 aliphatic rings. The lowest BCUT2D eigenvalue weighted by atomic mass is 9.92. The zero-order valence-corrected chi connectivity index (χ0v) is 29.2. The van der Waals surface area contributed by atoms with Crippen molar-refractivity contribution < 1.29 is 10.2 Å². The summed E-state index contributed by atoms with van der Waals surface area (Å²) in [5.41, 5.74) is 10.5. The Labute approximate surface area is 299 Å². The molecular formula is C48H50O2. The van der Waals surface area contributed by atoms with Crippen LogP contribution >= 0.6 is 0 Å². The number of phenolic OH excluding ortho intramolecular Hbond substituents is 2. The van der Waals surface area contributed by atoms with Gasteiger partial charge in [0.25, 0.3) is 0 Å². The van der Waals surface area contributed by atoms with Crippen molar-refractivity contribution in [2.24, 2.45) is 0 Å². The van der Waals surface area contributed by atoms with Crippen molar-refractivity contribution in [2.75, 3.05) is 0 Å². The van der Waals surface area contributed by atoms with E-state index in [0.29, 0.717) is 11.5 Å². The molecule has 0 spiro atoms. The summed E-state index contributed by atoms with van der Waals surface area (Å²) in [6.45, 7) is 0. The molecule has 0 atom stereocenters. The lowest BCUT2D eigenvalue weighted by Gasteiger charge is -2.14. The van der Waals surface area contributed by atoms with Gasteiger partial charge in [0.1, 0.15) is 11.5 Å². The highest BCUT2D eigenvalue weighted by Crippen LogP contribution is 2.41. The monoisotopic (exact) mass is 658 g/mol. The molecule has 0 aliphatic carbocycles. The largest absolute Gasteiger partial charge is 0.507 e. The van der Waals surface area contributed by atoms with Crippen LogP contribution < -0.4 is 0 Å². The predicted octanol–water partition coefficient (Wildman–Crippen LogP) is 13.5. The topological polar surface area (TPSA) is 40.5 Å². The van der Waals surface area contributed by atoms with E-state index in [4.69, 9.17) is 0 Å². The average molecular weight is 659 g/mol. The molecule has 0 fully saturated rings. The number of rotatable bonds is 17. The van der Waals surface area contributed by atoms with Crippen LogP contribution in [-0.2, 0) is 12.8 Å². The number of phenols is 2. The van der Waals surface area contributed by atoms with Crippen LogP contribution in [0.3, 0.4) is 0 Å². The van der Waals surface area contributed by atoms with E-state index in [1.165, 1.54) is 75.3 Å². The van der Waals surface area contributed by atoms with Gasteiger partial charge in [0.2, 0.25) is 0 Å². The van der Waals surface area contributed by atoms with Gasteiger partial charge >= 0.3 is 0 Å². The fourth-order valence-corrected chi connectivity index (χ4v) is 7.10. The minimum atomic E-state index is 0.362. The third-order valence-electron chi connectivity index (χ3n) is 9.86. The van der Waals surface area contributed by atoms with Crippen molar-refractivity contribution in [3.8, 4) is 56.0 Å². The van der Waals surface area contributed by atoms with Gasteiger partial charge in [-0.05, 0) is 83.3 Å². The molecule has 0 bridgehead atoms. The maximum atomic E-state index is 11.2. The van der Waals surface area contributed by atoms with Crippen molar-refractivity contribution >= 4 is 0 Å². The van der Waals surface area contributed by atoms with Gasteiger partial charge in [0.15, 0.2) is 0 Å². The van der Waals surface area contributed by atoms with Gasteiger partial charge in [-0.3, -0.25) is 0 Å². The smallest absolute Gasteiger partial charge is 0.131 e. The SMILES string of the molecule is Oc1c(-c2ccccc2)cc(CCCCCCCCCCCCc2cc(-c3ccccc3)c(O)c(-c3ccccc3)c2)cc1-c1ccccc1. The van der Waals surface area contributed by atoms with E-state index in [2.05, 4.69) is 72.8 Å². The molecule has 50 heavy (non-hydrogen) atoms. The second-order valence-electron chi connectivity index (χ2n) is 13.6.